The lowest BCUT2D eigenvalue weighted by atomic mass is 10.3. The molecule has 21 heavy (non-hydrogen) atoms. The summed E-state index contributed by atoms with van der Waals surface area (Å²) in [5, 5.41) is 3.65. The Balaban J connectivity index is 1.95. The van der Waals surface area contributed by atoms with Gasteiger partial charge in [-0.05, 0) is 23.7 Å². The molecule has 0 N–H and O–H groups in total. The van der Waals surface area contributed by atoms with E-state index in [1.54, 1.807) is 0 Å². The number of halogens is 3. The van der Waals surface area contributed by atoms with E-state index in [9.17, 15) is 8.78 Å². The van der Waals surface area contributed by atoms with Gasteiger partial charge in [-0.3, -0.25) is 0 Å². The lowest BCUT2D eigenvalue weighted by Crippen LogP contribution is -2.05. The van der Waals surface area contributed by atoms with E-state index in [4.69, 9.17) is 16.3 Å². The number of hydrogen-bond donors (Lipinski definition) is 0. The van der Waals surface area contributed by atoms with Gasteiger partial charge in [-0.2, -0.15) is 24.7 Å². The van der Waals surface area contributed by atoms with Crippen molar-refractivity contribution in [1.29, 1.82) is 0 Å². The molecule has 0 aliphatic rings. The van der Waals surface area contributed by atoms with Crippen molar-refractivity contribution in [2.24, 2.45) is 0 Å². The molecule has 0 unspecified atom stereocenters. The molecule has 3 aromatic rings. The molecule has 0 saturated carbocycles. The topological polar surface area (TPSA) is 78.6 Å². The van der Waals surface area contributed by atoms with Crippen molar-refractivity contribution in [3.8, 4) is 17.7 Å². The standard InChI is InChI=1S/C11H5ClF2N6O/c12-9-17-10(20-5-15-4-16-20)19-11(18-9)21-8-2-1-6(13)3-7(8)14/h1-5H. The van der Waals surface area contributed by atoms with Crippen LogP contribution in [0.15, 0.2) is 30.9 Å². The van der Waals surface area contributed by atoms with Gasteiger partial charge in [0.05, 0.1) is 0 Å². The zero-order valence-corrected chi connectivity index (χ0v) is 10.9. The van der Waals surface area contributed by atoms with Gasteiger partial charge in [-0.15, -0.1) is 0 Å². The van der Waals surface area contributed by atoms with Crippen LogP contribution in [0.4, 0.5) is 8.78 Å². The highest BCUT2D eigenvalue weighted by atomic mass is 35.5. The van der Waals surface area contributed by atoms with Crippen LogP contribution in [-0.2, 0) is 0 Å². The van der Waals surface area contributed by atoms with Crippen LogP contribution in [0.1, 0.15) is 0 Å². The molecule has 10 heteroatoms. The molecule has 106 valence electrons. The van der Waals surface area contributed by atoms with Gasteiger partial charge < -0.3 is 4.74 Å². The first-order chi connectivity index (χ1) is 10.1. The summed E-state index contributed by atoms with van der Waals surface area (Å²) in [6.45, 7) is 0. The maximum Gasteiger partial charge on any atom is 0.328 e. The highest BCUT2D eigenvalue weighted by molar-refractivity contribution is 6.28. The highest BCUT2D eigenvalue weighted by Crippen LogP contribution is 2.23. The van der Waals surface area contributed by atoms with E-state index in [1.165, 1.54) is 17.3 Å². The van der Waals surface area contributed by atoms with Crippen LogP contribution in [0.5, 0.6) is 11.8 Å². The van der Waals surface area contributed by atoms with Crippen LogP contribution in [0.25, 0.3) is 5.95 Å². The Hall–Kier alpha value is -2.68. The second-order valence-corrected chi connectivity index (χ2v) is 4.04. The van der Waals surface area contributed by atoms with Gasteiger partial charge >= 0.3 is 6.01 Å². The molecule has 7 nitrogen and oxygen atoms in total. The lowest BCUT2D eigenvalue weighted by molar-refractivity contribution is 0.405. The Bertz CT molecular complexity index is 782. The van der Waals surface area contributed by atoms with Crippen molar-refractivity contribution >= 4 is 11.6 Å². The summed E-state index contributed by atoms with van der Waals surface area (Å²) < 4.78 is 32.7. The molecule has 0 radical (unpaired) electrons. The van der Waals surface area contributed by atoms with Crippen LogP contribution < -0.4 is 4.74 Å². The zero-order chi connectivity index (χ0) is 14.8. The number of ether oxygens (including phenoxy) is 1. The smallest absolute Gasteiger partial charge is 0.328 e. The first-order valence-electron chi connectivity index (χ1n) is 5.51. The maximum atomic E-state index is 13.5. The molecule has 2 aromatic heterocycles. The maximum absolute atomic E-state index is 13.5. The summed E-state index contributed by atoms with van der Waals surface area (Å²) in [5.74, 6) is -1.82. The van der Waals surface area contributed by atoms with Crippen molar-refractivity contribution in [2.75, 3.05) is 0 Å². The molecule has 0 fully saturated rings. The fourth-order valence-electron chi connectivity index (χ4n) is 1.44. The van der Waals surface area contributed by atoms with Crippen LogP contribution in [0.2, 0.25) is 5.28 Å². The van der Waals surface area contributed by atoms with Crippen molar-refractivity contribution in [1.82, 2.24) is 29.7 Å². The molecule has 0 aliphatic heterocycles. The molecule has 0 aliphatic carbocycles. The average molecular weight is 311 g/mol. The van der Waals surface area contributed by atoms with Crippen molar-refractivity contribution in [2.45, 2.75) is 0 Å². The van der Waals surface area contributed by atoms with E-state index in [-0.39, 0.29) is 23.0 Å². The predicted molar refractivity (Wildman–Crippen MR) is 66.2 cm³/mol. The van der Waals surface area contributed by atoms with E-state index in [2.05, 4.69) is 25.0 Å². The summed E-state index contributed by atoms with van der Waals surface area (Å²) in [4.78, 5) is 15.2. The van der Waals surface area contributed by atoms with E-state index in [0.29, 0.717) is 6.07 Å². The third kappa shape index (κ3) is 2.92. The van der Waals surface area contributed by atoms with E-state index in [1.807, 2.05) is 0 Å². The minimum absolute atomic E-state index is 0.0463. The molecule has 0 saturated heterocycles. The number of nitrogens with zero attached hydrogens (tertiary/aromatic N) is 6. The first kappa shape index (κ1) is 13.3. The Kier molecular flexibility index (Phi) is 3.40. The van der Waals surface area contributed by atoms with Crippen molar-refractivity contribution < 1.29 is 13.5 Å². The number of hydrogen-bond acceptors (Lipinski definition) is 6. The summed E-state index contributed by atoms with van der Waals surface area (Å²) >= 11 is 5.74. The van der Waals surface area contributed by atoms with Crippen LogP contribution in [0.3, 0.4) is 0 Å². The predicted octanol–water partition coefficient (Wildman–Crippen LogP) is 2.18. The molecule has 3 rings (SSSR count). The third-order valence-corrected chi connectivity index (χ3v) is 2.46. The fourth-order valence-corrected chi connectivity index (χ4v) is 1.59. The number of rotatable bonds is 3. The van der Waals surface area contributed by atoms with Gasteiger partial charge in [0, 0.05) is 6.07 Å². The Morgan fingerprint density at radius 1 is 1.14 bits per heavy atom. The van der Waals surface area contributed by atoms with E-state index in [0.717, 1.165) is 12.1 Å². The molecule has 1 aromatic carbocycles. The second kappa shape index (κ2) is 5.37. The van der Waals surface area contributed by atoms with Gasteiger partial charge in [0.15, 0.2) is 11.6 Å². The van der Waals surface area contributed by atoms with Crippen molar-refractivity contribution in [3.05, 3.63) is 47.8 Å². The molecule has 0 atom stereocenters. The molecule has 0 bridgehead atoms. The summed E-state index contributed by atoms with van der Waals surface area (Å²) in [6, 6.07) is 2.57. The summed E-state index contributed by atoms with van der Waals surface area (Å²) in [5.41, 5.74) is 0. The van der Waals surface area contributed by atoms with Crippen molar-refractivity contribution in [3.63, 3.8) is 0 Å². The zero-order valence-electron chi connectivity index (χ0n) is 10.1. The van der Waals surface area contributed by atoms with E-state index < -0.39 is 11.6 Å². The highest BCUT2D eigenvalue weighted by Gasteiger charge is 2.12. The summed E-state index contributed by atoms with van der Waals surface area (Å²) in [6.07, 6.45) is 2.62. The normalized spacial score (nSPS) is 10.6. The minimum atomic E-state index is -0.895. The van der Waals surface area contributed by atoms with Gasteiger partial charge in [0.2, 0.25) is 5.28 Å². The van der Waals surface area contributed by atoms with Gasteiger partial charge in [0.1, 0.15) is 18.5 Å². The summed E-state index contributed by atoms with van der Waals surface area (Å²) in [7, 11) is 0. The quantitative estimate of drug-likeness (QED) is 0.737. The van der Waals surface area contributed by atoms with Gasteiger partial charge in [-0.25, -0.2) is 13.8 Å². The number of benzene rings is 1. The molecule has 0 spiro atoms. The largest absolute Gasteiger partial charge is 0.421 e. The number of aromatic nitrogens is 6. The molecular formula is C11H5ClF2N6O. The molecular weight excluding hydrogens is 306 g/mol. The van der Waals surface area contributed by atoms with Gasteiger partial charge in [0.25, 0.3) is 5.95 Å². The third-order valence-electron chi connectivity index (χ3n) is 2.29. The SMILES string of the molecule is Fc1ccc(Oc2nc(Cl)nc(-n3cncn3)n2)c(F)c1. The van der Waals surface area contributed by atoms with Crippen LogP contribution in [0, 0.1) is 11.6 Å². The van der Waals surface area contributed by atoms with Crippen LogP contribution in [-0.4, -0.2) is 29.7 Å². The molecule has 2 heterocycles. The molecule has 0 amide bonds. The lowest BCUT2D eigenvalue weighted by Gasteiger charge is -2.06. The average Bonchev–Trinajstić information content (AvgIpc) is 2.95. The Morgan fingerprint density at radius 3 is 2.71 bits per heavy atom. The Labute approximate surface area is 121 Å². The van der Waals surface area contributed by atoms with Crippen LogP contribution >= 0.6 is 11.6 Å². The second-order valence-electron chi connectivity index (χ2n) is 3.70. The first-order valence-corrected chi connectivity index (χ1v) is 5.89. The minimum Gasteiger partial charge on any atom is -0.421 e. The fraction of sp³-hybridized carbons (Fsp3) is 0. The van der Waals surface area contributed by atoms with E-state index >= 15 is 0 Å². The Morgan fingerprint density at radius 2 is 2.00 bits per heavy atom. The van der Waals surface area contributed by atoms with Gasteiger partial charge in [-0.1, -0.05) is 0 Å². The monoisotopic (exact) mass is 310 g/mol.